The minimum absolute atomic E-state index is 0.171. The molecule has 0 aliphatic rings. The Balaban J connectivity index is 2.00. The average Bonchev–Trinajstić information content (AvgIpc) is 2.60. The van der Waals surface area contributed by atoms with Crippen LogP contribution in [-0.2, 0) is 10.0 Å². The third kappa shape index (κ3) is 5.33. The van der Waals surface area contributed by atoms with Crippen LogP contribution in [0.2, 0.25) is 0 Å². The van der Waals surface area contributed by atoms with Crippen molar-refractivity contribution >= 4 is 21.9 Å². The van der Waals surface area contributed by atoms with Crippen molar-refractivity contribution in [2.75, 3.05) is 18.5 Å². The second kappa shape index (κ2) is 8.31. The van der Waals surface area contributed by atoms with Crippen LogP contribution in [0.25, 0.3) is 0 Å². The molecule has 0 amide bonds. The molecule has 2 aromatic rings. The van der Waals surface area contributed by atoms with Crippen molar-refractivity contribution in [2.45, 2.75) is 18.2 Å². The Morgan fingerprint density at radius 1 is 1.16 bits per heavy atom. The van der Waals surface area contributed by atoms with Gasteiger partial charge in [-0.15, -0.1) is 0 Å². The van der Waals surface area contributed by atoms with Gasteiger partial charge in [-0.2, -0.15) is 18.8 Å². The Labute approximate surface area is 148 Å². The van der Waals surface area contributed by atoms with Crippen LogP contribution in [0.5, 0.6) is 0 Å². The fourth-order valence-electron chi connectivity index (χ4n) is 2.10. The fraction of sp³-hybridized carbons (Fsp3) is 0.222. The molecule has 0 unspecified atom stereocenters. The third-order valence-electron chi connectivity index (χ3n) is 3.61. The maximum absolute atomic E-state index is 12.1. The predicted molar refractivity (Wildman–Crippen MR) is 99.0 cm³/mol. The number of rotatable bonds is 7. The summed E-state index contributed by atoms with van der Waals surface area (Å²) in [5.74, 6) is 0. The number of anilines is 1. The van der Waals surface area contributed by atoms with Crippen molar-refractivity contribution in [3.63, 3.8) is 0 Å². The first kappa shape index (κ1) is 18.5. The largest absolute Gasteiger partial charge is 0.374 e. The number of hydrazone groups is 1. The zero-order chi connectivity index (χ0) is 18.3. The molecule has 2 aromatic carbocycles. The van der Waals surface area contributed by atoms with Gasteiger partial charge in [-0.1, -0.05) is 29.8 Å². The van der Waals surface area contributed by atoms with Gasteiger partial charge in [-0.05, 0) is 36.8 Å². The van der Waals surface area contributed by atoms with Crippen molar-refractivity contribution in [1.82, 2.24) is 4.83 Å². The standard InChI is InChI=1S/C18H20N4O2S/c1-15-4-10-18(11-5-15)25(23,24)21-20-14-16-6-8-17(9-7-16)22(2)13-3-12-19/h4-11,14,21H,3,13H2,1-2H3. The highest BCUT2D eigenvalue weighted by molar-refractivity contribution is 7.89. The van der Waals surface area contributed by atoms with Gasteiger partial charge in [0.2, 0.25) is 0 Å². The zero-order valence-corrected chi connectivity index (χ0v) is 15.0. The number of sulfonamides is 1. The molecule has 0 saturated heterocycles. The lowest BCUT2D eigenvalue weighted by molar-refractivity contribution is 0.584. The van der Waals surface area contributed by atoms with E-state index in [0.717, 1.165) is 16.8 Å². The molecule has 130 valence electrons. The van der Waals surface area contributed by atoms with Crippen molar-refractivity contribution in [3.05, 3.63) is 59.7 Å². The van der Waals surface area contributed by atoms with E-state index < -0.39 is 10.0 Å². The summed E-state index contributed by atoms with van der Waals surface area (Å²) in [7, 11) is -1.75. The Morgan fingerprint density at radius 2 is 1.80 bits per heavy atom. The first-order chi connectivity index (χ1) is 11.9. The van der Waals surface area contributed by atoms with E-state index in [9.17, 15) is 8.42 Å². The van der Waals surface area contributed by atoms with Crippen LogP contribution in [-0.4, -0.2) is 28.2 Å². The van der Waals surface area contributed by atoms with E-state index in [1.807, 2.05) is 43.1 Å². The van der Waals surface area contributed by atoms with Crippen LogP contribution < -0.4 is 9.73 Å². The molecule has 25 heavy (non-hydrogen) atoms. The molecule has 0 bridgehead atoms. The summed E-state index contributed by atoms with van der Waals surface area (Å²) >= 11 is 0. The number of aryl methyl sites for hydroxylation is 1. The Bertz CT molecular complexity index is 867. The van der Waals surface area contributed by atoms with Crippen molar-refractivity contribution in [3.8, 4) is 6.07 Å². The number of hydrogen-bond donors (Lipinski definition) is 1. The van der Waals surface area contributed by atoms with E-state index in [4.69, 9.17) is 5.26 Å². The molecule has 0 aliphatic carbocycles. The van der Waals surface area contributed by atoms with Gasteiger partial charge < -0.3 is 4.90 Å². The summed E-state index contributed by atoms with van der Waals surface area (Å²) in [6, 6.07) is 16.1. The van der Waals surface area contributed by atoms with Crippen molar-refractivity contribution in [2.24, 2.45) is 5.10 Å². The molecule has 1 N–H and O–H groups in total. The van der Waals surface area contributed by atoms with Gasteiger partial charge in [0.15, 0.2) is 0 Å². The summed E-state index contributed by atoms with van der Waals surface area (Å²) < 4.78 is 24.2. The second-order valence-corrected chi connectivity index (χ2v) is 7.25. The van der Waals surface area contributed by atoms with Gasteiger partial charge >= 0.3 is 0 Å². The van der Waals surface area contributed by atoms with Crippen LogP contribution in [0.3, 0.4) is 0 Å². The monoisotopic (exact) mass is 356 g/mol. The highest BCUT2D eigenvalue weighted by atomic mass is 32.2. The van der Waals surface area contributed by atoms with Gasteiger partial charge in [0.25, 0.3) is 10.0 Å². The smallest absolute Gasteiger partial charge is 0.276 e. The van der Waals surface area contributed by atoms with Gasteiger partial charge in [-0.25, -0.2) is 4.83 Å². The molecular weight excluding hydrogens is 336 g/mol. The molecule has 7 heteroatoms. The normalized spacial score (nSPS) is 11.2. The summed E-state index contributed by atoms with van der Waals surface area (Å²) in [4.78, 5) is 4.35. The number of nitrogens with one attached hydrogen (secondary N) is 1. The summed E-state index contributed by atoms with van der Waals surface area (Å²) in [6.45, 7) is 2.55. The van der Waals surface area contributed by atoms with Gasteiger partial charge in [0.05, 0.1) is 23.6 Å². The maximum atomic E-state index is 12.1. The molecule has 0 atom stereocenters. The molecule has 0 heterocycles. The SMILES string of the molecule is Cc1ccc(S(=O)(=O)NN=Cc2ccc(N(C)CCC#N)cc2)cc1. The fourth-order valence-corrected chi connectivity index (χ4v) is 2.89. The molecule has 6 nitrogen and oxygen atoms in total. The summed E-state index contributed by atoms with van der Waals surface area (Å²) in [5.41, 5.74) is 2.74. The lowest BCUT2D eigenvalue weighted by atomic mass is 10.2. The van der Waals surface area contributed by atoms with Gasteiger partial charge in [0, 0.05) is 19.3 Å². The maximum Gasteiger partial charge on any atom is 0.276 e. The summed E-state index contributed by atoms with van der Waals surface area (Å²) in [5, 5.41) is 12.4. The van der Waals surface area contributed by atoms with E-state index in [2.05, 4.69) is 16.0 Å². The Hall–Kier alpha value is -2.85. The van der Waals surface area contributed by atoms with E-state index >= 15 is 0 Å². The van der Waals surface area contributed by atoms with E-state index in [0.29, 0.717) is 13.0 Å². The lowest BCUT2D eigenvalue weighted by Crippen LogP contribution is -2.18. The molecule has 0 fully saturated rings. The van der Waals surface area contributed by atoms with Gasteiger partial charge in [-0.3, -0.25) is 0 Å². The average molecular weight is 356 g/mol. The van der Waals surface area contributed by atoms with Crippen LogP contribution in [0.15, 0.2) is 58.5 Å². The molecule has 0 spiro atoms. The number of hydrogen-bond acceptors (Lipinski definition) is 5. The molecule has 2 rings (SSSR count). The van der Waals surface area contributed by atoms with Gasteiger partial charge in [0.1, 0.15) is 0 Å². The van der Waals surface area contributed by atoms with Crippen LogP contribution in [0.4, 0.5) is 5.69 Å². The third-order valence-corrected chi connectivity index (χ3v) is 4.85. The quantitative estimate of drug-likeness (QED) is 0.610. The van der Waals surface area contributed by atoms with Crippen molar-refractivity contribution in [1.29, 1.82) is 5.26 Å². The van der Waals surface area contributed by atoms with Crippen LogP contribution >= 0.6 is 0 Å². The molecular formula is C18H20N4O2S. The Morgan fingerprint density at radius 3 is 2.40 bits per heavy atom. The lowest BCUT2D eigenvalue weighted by Gasteiger charge is -2.17. The first-order valence-electron chi connectivity index (χ1n) is 7.72. The van der Waals surface area contributed by atoms with E-state index in [1.165, 1.54) is 6.21 Å². The number of nitriles is 1. The molecule has 0 saturated carbocycles. The molecule has 0 radical (unpaired) electrons. The topological polar surface area (TPSA) is 85.6 Å². The van der Waals surface area contributed by atoms with Crippen molar-refractivity contribution < 1.29 is 8.42 Å². The van der Waals surface area contributed by atoms with E-state index in [-0.39, 0.29) is 4.90 Å². The predicted octanol–water partition coefficient (Wildman–Crippen LogP) is 2.66. The highest BCUT2D eigenvalue weighted by Crippen LogP contribution is 2.13. The van der Waals surface area contributed by atoms with Crippen LogP contribution in [0.1, 0.15) is 17.5 Å². The van der Waals surface area contributed by atoms with Crippen LogP contribution in [0, 0.1) is 18.3 Å². The Kier molecular flexibility index (Phi) is 6.14. The number of benzene rings is 2. The zero-order valence-electron chi connectivity index (χ0n) is 14.2. The number of nitrogens with zero attached hydrogens (tertiary/aromatic N) is 3. The molecule has 0 aliphatic heterocycles. The minimum Gasteiger partial charge on any atom is -0.374 e. The molecule has 0 aromatic heterocycles. The minimum atomic E-state index is -3.67. The summed E-state index contributed by atoms with van der Waals surface area (Å²) in [6.07, 6.45) is 1.91. The first-order valence-corrected chi connectivity index (χ1v) is 9.20. The van der Waals surface area contributed by atoms with E-state index in [1.54, 1.807) is 24.3 Å². The second-order valence-electron chi connectivity index (χ2n) is 5.59. The highest BCUT2D eigenvalue weighted by Gasteiger charge is 2.11.